The van der Waals surface area contributed by atoms with Crippen LogP contribution in [0.15, 0.2) is 18.2 Å². The number of nitrogens with zero attached hydrogens (tertiary/aromatic N) is 1. The lowest BCUT2D eigenvalue weighted by atomic mass is 10.1. The van der Waals surface area contributed by atoms with Crippen LogP contribution in [0, 0.1) is 5.92 Å². The lowest BCUT2D eigenvalue weighted by molar-refractivity contribution is 0.0636. The Bertz CT molecular complexity index is 747. The number of carbonyl (C=O) groups excluding carboxylic acids is 4. The molecule has 0 saturated heterocycles. The van der Waals surface area contributed by atoms with Crippen molar-refractivity contribution in [1.82, 2.24) is 15.5 Å². The van der Waals surface area contributed by atoms with Gasteiger partial charge in [-0.05, 0) is 31.0 Å². The number of fused-ring (bicyclic) bond motifs is 1. The summed E-state index contributed by atoms with van der Waals surface area (Å²) in [5.74, 6) is -0.505. The Hall–Kier alpha value is -3.10. The first-order chi connectivity index (χ1) is 12.8. The highest BCUT2D eigenvalue weighted by atomic mass is 16.5. The van der Waals surface area contributed by atoms with Crippen LogP contribution in [-0.4, -0.2) is 55.1 Å². The summed E-state index contributed by atoms with van der Waals surface area (Å²) in [6, 6.07) is 4.11. The summed E-state index contributed by atoms with van der Waals surface area (Å²) in [4.78, 5) is 49.0. The van der Waals surface area contributed by atoms with Gasteiger partial charge in [-0.15, -0.1) is 0 Å². The highest BCUT2D eigenvalue weighted by Gasteiger charge is 2.35. The number of benzene rings is 1. The Morgan fingerprint density at radius 3 is 2.41 bits per heavy atom. The number of amides is 5. The Kier molecular flexibility index (Phi) is 6.75. The second-order valence-corrected chi connectivity index (χ2v) is 6.40. The average molecular weight is 376 g/mol. The van der Waals surface area contributed by atoms with Crippen molar-refractivity contribution in [2.24, 2.45) is 5.92 Å². The average Bonchev–Trinajstić information content (AvgIpc) is 2.83. The van der Waals surface area contributed by atoms with E-state index in [1.807, 2.05) is 13.8 Å². The molecular formula is C18H24N4O5. The topological polar surface area (TPSA) is 117 Å². The van der Waals surface area contributed by atoms with Gasteiger partial charge < -0.3 is 20.7 Å². The van der Waals surface area contributed by atoms with Crippen molar-refractivity contribution in [1.29, 1.82) is 0 Å². The first kappa shape index (κ1) is 20.2. The molecule has 9 heteroatoms. The summed E-state index contributed by atoms with van der Waals surface area (Å²) in [5.41, 5.74) is 1.02. The summed E-state index contributed by atoms with van der Waals surface area (Å²) in [6.45, 7) is 6.59. The van der Waals surface area contributed by atoms with Crippen molar-refractivity contribution in [3.05, 3.63) is 29.3 Å². The lowest BCUT2D eigenvalue weighted by Crippen LogP contribution is -2.37. The highest BCUT2D eigenvalue weighted by molar-refractivity contribution is 6.21. The van der Waals surface area contributed by atoms with Crippen LogP contribution in [0.2, 0.25) is 0 Å². The molecule has 1 aliphatic heterocycles. The highest BCUT2D eigenvalue weighted by Crippen LogP contribution is 2.26. The second-order valence-electron chi connectivity index (χ2n) is 6.40. The lowest BCUT2D eigenvalue weighted by Gasteiger charge is -2.15. The number of alkyl carbamates (subject to hydrolysis) is 1. The summed E-state index contributed by atoms with van der Waals surface area (Å²) >= 11 is 0. The summed E-state index contributed by atoms with van der Waals surface area (Å²) in [6.07, 6.45) is -0.549. The third-order valence-corrected chi connectivity index (χ3v) is 3.73. The summed E-state index contributed by atoms with van der Waals surface area (Å²) in [7, 11) is 0. The Balaban J connectivity index is 1.90. The molecule has 0 aromatic heterocycles. The maximum absolute atomic E-state index is 12.4. The van der Waals surface area contributed by atoms with Gasteiger partial charge in [0.2, 0.25) is 0 Å². The SMILES string of the molecule is CCOC(=O)NCCNC(=O)Nc1ccc2c(c1)C(=O)N(CC(C)C)C2=O. The van der Waals surface area contributed by atoms with E-state index in [9.17, 15) is 19.2 Å². The molecule has 146 valence electrons. The van der Waals surface area contributed by atoms with Crippen LogP contribution >= 0.6 is 0 Å². The fourth-order valence-electron chi connectivity index (χ4n) is 2.60. The van der Waals surface area contributed by atoms with Gasteiger partial charge in [0, 0.05) is 25.3 Å². The normalized spacial score (nSPS) is 12.8. The zero-order valence-corrected chi connectivity index (χ0v) is 15.6. The minimum atomic E-state index is -0.549. The predicted molar refractivity (Wildman–Crippen MR) is 98.7 cm³/mol. The molecule has 0 radical (unpaired) electrons. The molecular weight excluding hydrogens is 352 g/mol. The zero-order valence-electron chi connectivity index (χ0n) is 15.6. The van der Waals surface area contributed by atoms with Crippen molar-refractivity contribution in [2.45, 2.75) is 20.8 Å². The third-order valence-electron chi connectivity index (χ3n) is 3.73. The number of rotatable bonds is 7. The number of anilines is 1. The van der Waals surface area contributed by atoms with E-state index in [-0.39, 0.29) is 43.0 Å². The first-order valence-corrected chi connectivity index (χ1v) is 8.79. The molecule has 0 saturated carbocycles. The van der Waals surface area contributed by atoms with Gasteiger partial charge in [0.25, 0.3) is 11.8 Å². The van der Waals surface area contributed by atoms with Gasteiger partial charge >= 0.3 is 12.1 Å². The molecule has 0 fully saturated rings. The van der Waals surface area contributed by atoms with E-state index in [2.05, 4.69) is 16.0 Å². The first-order valence-electron chi connectivity index (χ1n) is 8.79. The van der Waals surface area contributed by atoms with Crippen LogP contribution in [0.25, 0.3) is 0 Å². The molecule has 27 heavy (non-hydrogen) atoms. The number of hydrogen-bond acceptors (Lipinski definition) is 5. The fourth-order valence-corrected chi connectivity index (χ4v) is 2.60. The molecule has 9 nitrogen and oxygen atoms in total. The van der Waals surface area contributed by atoms with Crippen molar-refractivity contribution >= 4 is 29.6 Å². The molecule has 1 aromatic carbocycles. The maximum Gasteiger partial charge on any atom is 0.407 e. The van der Waals surface area contributed by atoms with Gasteiger partial charge in [-0.3, -0.25) is 14.5 Å². The van der Waals surface area contributed by atoms with Gasteiger partial charge in [0.05, 0.1) is 17.7 Å². The van der Waals surface area contributed by atoms with Crippen LogP contribution in [0.1, 0.15) is 41.5 Å². The molecule has 3 N–H and O–H groups in total. The van der Waals surface area contributed by atoms with Gasteiger partial charge in [-0.2, -0.15) is 0 Å². The molecule has 0 bridgehead atoms. The molecule has 0 aliphatic carbocycles. The predicted octanol–water partition coefficient (Wildman–Crippen LogP) is 1.81. The maximum atomic E-state index is 12.4. The largest absolute Gasteiger partial charge is 0.450 e. The number of imide groups is 1. The van der Waals surface area contributed by atoms with Gasteiger partial charge in [-0.1, -0.05) is 13.8 Å². The van der Waals surface area contributed by atoms with E-state index in [0.717, 1.165) is 0 Å². The quantitative estimate of drug-likeness (QED) is 0.496. The van der Waals surface area contributed by atoms with Gasteiger partial charge in [0.15, 0.2) is 0 Å². The molecule has 0 unspecified atom stereocenters. The van der Waals surface area contributed by atoms with Gasteiger partial charge in [0.1, 0.15) is 0 Å². The summed E-state index contributed by atoms with van der Waals surface area (Å²) in [5, 5.41) is 7.64. The van der Waals surface area contributed by atoms with Crippen LogP contribution in [0.4, 0.5) is 15.3 Å². The number of nitrogens with one attached hydrogen (secondary N) is 3. The molecule has 0 atom stereocenters. The Labute approximate surface area is 157 Å². The molecule has 5 amide bonds. The zero-order chi connectivity index (χ0) is 20.0. The standard InChI is InChI=1S/C18H24N4O5/c1-4-27-18(26)20-8-7-19-17(25)21-12-5-6-13-14(9-12)16(24)22(15(13)23)10-11(2)3/h5-6,9,11H,4,7-8,10H2,1-3H3,(H,20,26)(H2,19,21,25). The Morgan fingerprint density at radius 1 is 1.07 bits per heavy atom. The third kappa shape index (κ3) is 5.19. The molecule has 1 aliphatic rings. The van der Waals surface area contributed by atoms with Gasteiger partial charge in [-0.25, -0.2) is 9.59 Å². The van der Waals surface area contributed by atoms with Crippen molar-refractivity contribution in [3.63, 3.8) is 0 Å². The fraction of sp³-hybridized carbons (Fsp3) is 0.444. The van der Waals surface area contributed by atoms with Crippen molar-refractivity contribution in [2.75, 3.05) is 31.6 Å². The smallest absolute Gasteiger partial charge is 0.407 e. The molecule has 1 heterocycles. The molecule has 0 spiro atoms. The van der Waals surface area contributed by atoms with E-state index >= 15 is 0 Å². The van der Waals surface area contributed by atoms with Crippen LogP contribution in [0.3, 0.4) is 0 Å². The number of urea groups is 1. The van der Waals surface area contributed by atoms with E-state index < -0.39 is 12.1 Å². The van der Waals surface area contributed by atoms with E-state index in [0.29, 0.717) is 17.8 Å². The second kappa shape index (κ2) is 9.02. The molecule has 2 rings (SSSR count). The Morgan fingerprint density at radius 2 is 1.74 bits per heavy atom. The van der Waals surface area contributed by atoms with Crippen LogP contribution in [-0.2, 0) is 4.74 Å². The van der Waals surface area contributed by atoms with E-state index in [1.54, 1.807) is 13.0 Å². The van der Waals surface area contributed by atoms with E-state index in [4.69, 9.17) is 4.74 Å². The minimum absolute atomic E-state index is 0.166. The number of ether oxygens (including phenoxy) is 1. The number of hydrogen-bond donors (Lipinski definition) is 3. The molecule has 1 aromatic rings. The van der Waals surface area contributed by atoms with E-state index in [1.165, 1.54) is 17.0 Å². The minimum Gasteiger partial charge on any atom is -0.450 e. The van der Waals surface area contributed by atoms with Crippen molar-refractivity contribution in [3.8, 4) is 0 Å². The monoisotopic (exact) mass is 376 g/mol. The van der Waals surface area contributed by atoms with Crippen LogP contribution < -0.4 is 16.0 Å². The summed E-state index contributed by atoms with van der Waals surface area (Å²) < 4.78 is 4.70. The van der Waals surface area contributed by atoms with Crippen LogP contribution in [0.5, 0.6) is 0 Å². The van der Waals surface area contributed by atoms with Crippen molar-refractivity contribution < 1.29 is 23.9 Å². The number of carbonyl (C=O) groups is 4.